The second-order valence-corrected chi connectivity index (χ2v) is 4.16. The molecule has 0 radical (unpaired) electrons. The number of aromatic nitrogens is 2. The Balaban J connectivity index is 2.69. The van der Waals surface area contributed by atoms with Crippen LogP contribution in [0.3, 0.4) is 0 Å². The van der Waals surface area contributed by atoms with Gasteiger partial charge in [-0.15, -0.1) is 0 Å². The average molecular weight is 255 g/mol. The Labute approximate surface area is 90.3 Å². The van der Waals surface area contributed by atoms with E-state index in [-0.39, 0.29) is 12.5 Å². The number of nitrogens with one attached hydrogen (secondary N) is 1. The smallest absolute Gasteiger partial charge is 0.109 e. The molecule has 0 saturated heterocycles. The number of aromatic amines is 1. The SMILES string of the molecule is CC(CO)c1cccc2n[nH]c(Br)c12. The zero-order chi connectivity index (χ0) is 10.1. The molecule has 1 aromatic carbocycles. The number of fused-ring (bicyclic) bond motifs is 1. The van der Waals surface area contributed by atoms with Crippen LogP contribution >= 0.6 is 15.9 Å². The van der Waals surface area contributed by atoms with Crippen LogP contribution < -0.4 is 0 Å². The van der Waals surface area contributed by atoms with E-state index in [1.54, 1.807) is 0 Å². The van der Waals surface area contributed by atoms with Crippen molar-refractivity contribution in [2.75, 3.05) is 6.61 Å². The monoisotopic (exact) mass is 254 g/mol. The van der Waals surface area contributed by atoms with Gasteiger partial charge in [0.2, 0.25) is 0 Å². The summed E-state index contributed by atoms with van der Waals surface area (Å²) in [5.41, 5.74) is 2.04. The van der Waals surface area contributed by atoms with E-state index in [2.05, 4.69) is 26.1 Å². The zero-order valence-electron chi connectivity index (χ0n) is 7.79. The van der Waals surface area contributed by atoms with Crippen LogP contribution in [0.2, 0.25) is 0 Å². The maximum absolute atomic E-state index is 9.13. The number of rotatable bonds is 2. The number of nitrogens with zero attached hydrogens (tertiary/aromatic N) is 1. The van der Waals surface area contributed by atoms with Crippen molar-refractivity contribution in [3.63, 3.8) is 0 Å². The molecule has 2 rings (SSSR count). The van der Waals surface area contributed by atoms with Gasteiger partial charge in [0.05, 0.1) is 5.52 Å². The maximum Gasteiger partial charge on any atom is 0.109 e. The van der Waals surface area contributed by atoms with Crippen molar-refractivity contribution >= 4 is 26.8 Å². The standard InChI is InChI=1S/C10H11BrN2O/c1-6(5-14)7-3-2-4-8-9(7)10(11)13-12-8/h2-4,6,14H,5H2,1H3,(H,12,13). The predicted octanol–water partition coefficient (Wildman–Crippen LogP) is 2.42. The van der Waals surface area contributed by atoms with Crippen LogP contribution in [0.15, 0.2) is 22.8 Å². The van der Waals surface area contributed by atoms with Crippen molar-refractivity contribution < 1.29 is 5.11 Å². The number of hydrogen-bond acceptors (Lipinski definition) is 2. The summed E-state index contributed by atoms with van der Waals surface area (Å²) >= 11 is 3.42. The van der Waals surface area contributed by atoms with Crippen molar-refractivity contribution in [1.29, 1.82) is 0 Å². The molecule has 0 amide bonds. The van der Waals surface area contributed by atoms with Crippen molar-refractivity contribution in [3.05, 3.63) is 28.4 Å². The lowest BCUT2D eigenvalue weighted by Crippen LogP contribution is -1.99. The summed E-state index contributed by atoms with van der Waals surface area (Å²) in [6, 6.07) is 5.92. The first kappa shape index (κ1) is 9.68. The molecule has 1 heterocycles. The largest absolute Gasteiger partial charge is 0.396 e. The quantitative estimate of drug-likeness (QED) is 0.865. The molecule has 0 aliphatic carbocycles. The summed E-state index contributed by atoms with van der Waals surface area (Å²) in [4.78, 5) is 0. The van der Waals surface area contributed by atoms with Crippen LogP contribution in [0.4, 0.5) is 0 Å². The molecule has 0 fully saturated rings. The zero-order valence-corrected chi connectivity index (χ0v) is 9.37. The number of benzene rings is 1. The van der Waals surface area contributed by atoms with E-state index in [1.807, 2.05) is 25.1 Å². The fourth-order valence-electron chi connectivity index (χ4n) is 1.56. The Bertz CT molecular complexity index is 452. The third-order valence-corrected chi connectivity index (χ3v) is 2.95. The molecule has 2 N–H and O–H groups in total. The summed E-state index contributed by atoms with van der Waals surface area (Å²) in [5, 5.41) is 17.2. The van der Waals surface area contributed by atoms with Gasteiger partial charge in [0.1, 0.15) is 4.60 Å². The fourth-order valence-corrected chi connectivity index (χ4v) is 2.08. The first-order valence-corrected chi connectivity index (χ1v) is 5.26. The van der Waals surface area contributed by atoms with Crippen LogP contribution in [-0.4, -0.2) is 21.9 Å². The van der Waals surface area contributed by atoms with Crippen LogP contribution in [0.25, 0.3) is 10.9 Å². The molecule has 1 atom stereocenters. The van der Waals surface area contributed by atoms with E-state index in [1.165, 1.54) is 0 Å². The number of halogens is 1. The molecular weight excluding hydrogens is 244 g/mol. The van der Waals surface area contributed by atoms with E-state index in [4.69, 9.17) is 5.11 Å². The minimum absolute atomic E-state index is 0.132. The molecule has 0 spiro atoms. The number of aliphatic hydroxyl groups excluding tert-OH is 1. The van der Waals surface area contributed by atoms with Gasteiger partial charge in [-0.1, -0.05) is 19.1 Å². The van der Waals surface area contributed by atoms with Crippen LogP contribution in [-0.2, 0) is 0 Å². The normalized spacial score (nSPS) is 13.4. The van der Waals surface area contributed by atoms with Gasteiger partial charge in [-0.05, 0) is 27.6 Å². The highest BCUT2D eigenvalue weighted by atomic mass is 79.9. The van der Waals surface area contributed by atoms with E-state index >= 15 is 0 Å². The number of aliphatic hydroxyl groups is 1. The molecule has 1 aromatic heterocycles. The molecule has 14 heavy (non-hydrogen) atoms. The molecule has 0 aliphatic rings. The predicted molar refractivity (Wildman–Crippen MR) is 59.3 cm³/mol. The molecule has 4 heteroatoms. The first-order chi connectivity index (χ1) is 6.74. The molecular formula is C10H11BrN2O. The van der Waals surface area contributed by atoms with Gasteiger partial charge in [0.15, 0.2) is 0 Å². The third kappa shape index (κ3) is 1.44. The van der Waals surface area contributed by atoms with Gasteiger partial charge in [-0.2, -0.15) is 5.10 Å². The van der Waals surface area contributed by atoms with Crippen LogP contribution in [0.1, 0.15) is 18.4 Å². The van der Waals surface area contributed by atoms with Crippen molar-refractivity contribution in [2.24, 2.45) is 0 Å². The van der Waals surface area contributed by atoms with Crippen molar-refractivity contribution in [1.82, 2.24) is 10.2 Å². The van der Waals surface area contributed by atoms with E-state index in [0.717, 1.165) is 21.1 Å². The highest BCUT2D eigenvalue weighted by Gasteiger charge is 2.12. The highest BCUT2D eigenvalue weighted by molar-refractivity contribution is 9.10. The van der Waals surface area contributed by atoms with Gasteiger partial charge >= 0.3 is 0 Å². The van der Waals surface area contributed by atoms with Crippen LogP contribution in [0.5, 0.6) is 0 Å². The van der Waals surface area contributed by atoms with Crippen molar-refractivity contribution in [3.8, 4) is 0 Å². The first-order valence-electron chi connectivity index (χ1n) is 4.47. The maximum atomic E-state index is 9.13. The summed E-state index contributed by atoms with van der Waals surface area (Å²) in [5.74, 6) is 0.132. The second-order valence-electron chi connectivity index (χ2n) is 3.36. The lowest BCUT2D eigenvalue weighted by Gasteiger charge is -2.09. The Hall–Kier alpha value is -0.870. The molecule has 0 bridgehead atoms. The van der Waals surface area contributed by atoms with E-state index in [0.29, 0.717) is 0 Å². The second kappa shape index (κ2) is 3.71. The topological polar surface area (TPSA) is 48.9 Å². The Morgan fingerprint density at radius 3 is 3.07 bits per heavy atom. The lowest BCUT2D eigenvalue weighted by atomic mass is 9.99. The van der Waals surface area contributed by atoms with Gasteiger partial charge in [0, 0.05) is 17.9 Å². The summed E-state index contributed by atoms with van der Waals surface area (Å²) in [7, 11) is 0. The Morgan fingerprint density at radius 1 is 1.57 bits per heavy atom. The highest BCUT2D eigenvalue weighted by Crippen LogP contribution is 2.29. The molecule has 0 aliphatic heterocycles. The minimum atomic E-state index is 0.132. The van der Waals surface area contributed by atoms with Gasteiger partial charge in [-0.25, -0.2) is 0 Å². The Morgan fingerprint density at radius 2 is 2.36 bits per heavy atom. The fraction of sp³-hybridized carbons (Fsp3) is 0.300. The molecule has 0 saturated carbocycles. The summed E-state index contributed by atoms with van der Waals surface area (Å²) in [6.45, 7) is 2.14. The van der Waals surface area contributed by atoms with Gasteiger partial charge < -0.3 is 5.11 Å². The van der Waals surface area contributed by atoms with E-state index < -0.39 is 0 Å². The number of H-pyrrole nitrogens is 1. The summed E-state index contributed by atoms with van der Waals surface area (Å²) < 4.78 is 0.878. The summed E-state index contributed by atoms with van der Waals surface area (Å²) in [6.07, 6.45) is 0. The van der Waals surface area contributed by atoms with Gasteiger partial charge in [-0.3, -0.25) is 5.10 Å². The third-order valence-electron chi connectivity index (χ3n) is 2.37. The van der Waals surface area contributed by atoms with E-state index in [9.17, 15) is 0 Å². The molecule has 3 nitrogen and oxygen atoms in total. The molecule has 1 unspecified atom stereocenters. The van der Waals surface area contributed by atoms with Crippen LogP contribution in [0, 0.1) is 0 Å². The van der Waals surface area contributed by atoms with Crippen molar-refractivity contribution in [2.45, 2.75) is 12.8 Å². The average Bonchev–Trinajstić information content (AvgIpc) is 2.59. The lowest BCUT2D eigenvalue weighted by molar-refractivity contribution is 0.273. The number of hydrogen-bond donors (Lipinski definition) is 2. The molecule has 2 aromatic rings. The molecule has 74 valence electrons. The van der Waals surface area contributed by atoms with Gasteiger partial charge in [0.25, 0.3) is 0 Å². The Kier molecular flexibility index (Phi) is 2.56. The minimum Gasteiger partial charge on any atom is -0.396 e.